The second-order valence-corrected chi connectivity index (χ2v) is 7.69. The molecule has 5 nitrogen and oxygen atoms in total. The largest absolute Gasteiger partial charge is 0.392 e. The Kier molecular flexibility index (Phi) is 4.25. The minimum Gasteiger partial charge on any atom is -0.392 e. The van der Waals surface area contributed by atoms with Gasteiger partial charge in [0.25, 0.3) is 0 Å². The van der Waals surface area contributed by atoms with Crippen molar-refractivity contribution in [2.45, 2.75) is 50.2 Å². The number of fused-ring (bicyclic) bond motifs is 2. The Bertz CT molecular complexity index is 410. The van der Waals surface area contributed by atoms with Gasteiger partial charge >= 0.3 is 0 Å². The van der Waals surface area contributed by atoms with Gasteiger partial charge in [0.15, 0.2) is 0 Å². The maximum Gasteiger partial charge on any atom is 0.218 e. The van der Waals surface area contributed by atoms with Crippen LogP contribution in [0.1, 0.15) is 32.1 Å². The standard InChI is InChI=1S/C11H21N3O2S2/c1-14-9-3-2-4-10(14)6-8(5-9)13-18(15,16)7-11(12)17/h8-10,13H,2-7H2,1H3,(H2,12,17). The number of nitrogens with zero attached hydrogens (tertiary/aromatic N) is 1. The summed E-state index contributed by atoms with van der Waals surface area (Å²) in [6.07, 6.45) is 5.38. The van der Waals surface area contributed by atoms with Gasteiger partial charge in [-0.15, -0.1) is 0 Å². The molecule has 7 heteroatoms. The highest BCUT2D eigenvalue weighted by molar-refractivity contribution is 7.92. The van der Waals surface area contributed by atoms with Crippen LogP contribution in [0.4, 0.5) is 0 Å². The van der Waals surface area contributed by atoms with E-state index in [-0.39, 0.29) is 16.8 Å². The van der Waals surface area contributed by atoms with Gasteiger partial charge < -0.3 is 10.6 Å². The van der Waals surface area contributed by atoms with E-state index in [2.05, 4.69) is 28.9 Å². The van der Waals surface area contributed by atoms with E-state index in [0.29, 0.717) is 12.1 Å². The molecule has 2 aliphatic rings. The first-order valence-electron chi connectivity index (χ1n) is 6.37. The lowest BCUT2D eigenvalue weighted by atomic mass is 9.83. The molecule has 3 N–H and O–H groups in total. The minimum absolute atomic E-state index is 0.0237. The molecule has 2 heterocycles. The first-order valence-corrected chi connectivity index (χ1v) is 8.43. The lowest BCUT2D eigenvalue weighted by Crippen LogP contribution is -2.55. The second kappa shape index (κ2) is 5.40. The van der Waals surface area contributed by atoms with E-state index >= 15 is 0 Å². The number of nitrogens with two attached hydrogens (primary N) is 1. The molecule has 0 aromatic carbocycles. The van der Waals surface area contributed by atoms with Crippen LogP contribution in [0, 0.1) is 0 Å². The zero-order valence-electron chi connectivity index (χ0n) is 10.6. The molecule has 0 amide bonds. The van der Waals surface area contributed by atoms with E-state index in [4.69, 9.17) is 5.73 Å². The van der Waals surface area contributed by atoms with Crippen LogP contribution in [0.3, 0.4) is 0 Å². The van der Waals surface area contributed by atoms with Gasteiger partial charge in [0.1, 0.15) is 5.75 Å². The Hall–Kier alpha value is -0.240. The summed E-state index contributed by atoms with van der Waals surface area (Å²) in [5.41, 5.74) is 5.30. The fourth-order valence-corrected chi connectivity index (χ4v) is 4.82. The smallest absolute Gasteiger partial charge is 0.218 e. The summed E-state index contributed by atoms with van der Waals surface area (Å²) in [5.74, 6) is -0.246. The third-order valence-corrected chi connectivity index (χ3v) is 5.73. The van der Waals surface area contributed by atoms with Crippen LogP contribution in [0.15, 0.2) is 0 Å². The molecule has 2 unspecified atom stereocenters. The predicted octanol–water partition coefficient (Wildman–Crippen LogP) is 0.207. The van der Waals surface area contributed by atoms with Crippen molar-refractivity contribution in [1.82, 2.24) is 9.62 Å². The molecule has 104 valence electrons. The normalized spacial score (nSPS) is 33.3. The lowest BCUT2D eigenvalue weighted by Gasteiger charge is -2.47. The van der Waals surface area contributed by atoms with E-state index in [1.54, 1.807) is 0 Å². The molecule has 18 heavy (non-hydrogen) atoms. The van der Waals surface area contributed by atoms with Crippen molar-refractivity contribution in [3.05, 3.63) is 0 Å². The average Bonchev–Trinajstić information content (AvgIpc) is 2.16. The number of piperidine rings is 2. The number of thiocarbonyl (C=S) groups is 1. The second-order valence-electron chi connectivity index (χ2n) is 5.42. The zero-order valence-corrected chi connectivity index (χ0v) is 12.3. The van der Waals surface area contributed by atoms with Gasteiger partial charge in [-0.1, -0.05) is 18.6 Å². The van der Waals surface area contributed by atoms with Gasteiger partial charge in [0.2, 0.25) is 10.0 Å². The highest BCUT2D eigenvalue weighted by Crippen LogP contribution is 2.32. The van der Waals surface area contributed by atoms with Gasteiger partial charge in [-0.05, 0) is 32.7 Å². The van der Waals surface area contributed by atoms with Crippen molar-refractivity contribution in [3.63, 3.8) is 0 Å². The number of nitrogens with one attached hydrogen (secondary N) is 1. The maximum atomic E-state index is 11.8. The average molecular weight is 291 g/mol. The Balaban J connectivity index is 1.97. The van der Waals surface area contributed by atoms with E-state index < -0.39 is 10.0 Å². The molecule has 2 fully saturated rings. The van der Waals surface area contributed by atoms with Crippen LogP contribution < -0.4 is 10.5 Å². The molecule has 2 aliphatic heterocycles. The van der Waals surface area contributed by atoms with Crippen molar-refractivity contribution in [3.8, 4) is 0 Å². The van der Waals surface area contributed by atoms with Crippen molar-refractivity contribution in [2.24, 2.45) is 5.73 Å². The molecule has 2 rings (SSSR count). The van der Waals surface area contributed by atoms with Gasteiger partial charge in [-0.25, -0.2) is 13.1 Å². The van der Waals surface area contributed by atoms with Gasteiger partial charge in [-0.2, -0.15) is 0 Å². The summed E-state index contributed by atoms with van der Waals surface area (Å²) >= 11 is 4.66. The van der Waals surface area contributed by atoms with Crippen molar-refractivity contribution in [2.75, 3.05) is 12.8 Å². The fourth-order valence-electron chi connectivity index (χ4n) is 3.19. The zero-order chi connectivity index (χ0) is 13.3. The molecule has 2 bridgehead atoms. The summed E-state index contributed by atoms with van der Waals surface area (Å²) in [7, 11) is -1.22. The fraction of sp³-hybridized carbons (Fsp3) is 0.909. The van der Waals surface area contributed by atoms with Gasteiger partial charge in [-0.3, -0.25) is 0 Å². The Morgan fingerprint density at radius 3 is 2.44 bits per heavy atom. The lowest BCUT2D eigenvalue weighted by molar-refractivity contribution is 0.0536. The van der Waals surface area contributed by atoms with Crippen LogP contribution in [0.2, 0.25) is 0 Å². The van der Waals surface area contributed by atoms with Crippen LogP contribution in [0.25, 0.3) is 0 Å². The Morgan fingerprint density at radius 2 is 1.94 bits per heavy atom. The summed E-state index contributed by atoms with van der Waals surface area (Å²) < 4.78 is 26.4. The summed E-state index contributed by atoms with van der Waals surface area (Å²) in [6.45, 7) is 0. The van der Waals surface area contributed by atoms with Crippen LogP contribution in [-0.4, -0.2) is 49.2 Å². The van der Waals surface area contributed by atoms with E-state index in [9.17, 15) is 8.42 Å². The molecule has 0 radical (unpaired) electrons. The molecular formula is C11H21N3O2S2. The Labute approximate surface area is 114 Å². The number of hydrogen-bond acceptors (Lipinski definition) is 4. The molecule has 0 aromatic heterocycles. The molecule has 0 saturated carbocycles. The van der Waals surface area contributed by atoms with E-state index in [0.717, 1.165) is 12.8 Å². The van der Waals surface area contributed by atoms with Gasteiger partial charge in [0, 0.05) is 18.1 Å². The molecule has 2 atom stereocenters. The molecule has 0 aromatic rings. The summed E-state index contributed by atoms with van der Waals surface area (Å²) in [4.78, 5) is 2.43. The third-order valence-electron chi connectivity index (χ3n) is 4.02. The third kappa shape index (κ3) is 3.40. The van der Waals surface area contributed by atoms with Crippen molar-refractivity contribution < 1.29 is 8.42 Å². The summed E-state index contributed by atoms with van der Waals surface area (Å²) in [5, 5.41) is 0. The van der Waals surface area contributed by atoms with E-state index in [1.807, 2.05) is 0 Å². The number of hydrogen-bond donors (Lipinski definition) is 2. The number of sulfonamides is 1. The van der Waals surface area contributed by atoms with E-state index in [1.165, 1.54) is 19.3 Å². The number of rotatable bonds is 4. The predicted molar refractivity (Wildman–Crippen MR) is 75.9 cm³/mol. The van der Waals surface area contributed by atoms with Crippen LogP contribution in [0.5, 0.6) is 0 Å². The van der Waals surface area contributed by atoms with Crippen molar-refractivity contribution >= 4 is 27.2 Å². The maximum absolute atomic E-state index is 11.8. The van der Waals surface area contributed by atoms with Crippen molar-refractivity contribution in [1.29, 1.82) is 0 Å². The first kappa shape index (κ1) is 14.2. The molecule has 2 saturated heterocycles. The monoisotopic (exact) mass is 291 g/mol. The van der Waals surface area contributed by atoms with Gasteiger partial charge in [0.05, 0.1) is 4.99 Å². The SMILES string of the molecule is CN1C2CCCC1CC(NS(=O)(=O)CC(N)=S)C2. The molecular weight excluding hydrogens is 270 g/mol. The first-order chi connectivity index (χ1) is 8.37. The quantitative estimate of drug-likeness (QED) is 0.724. The summed E-state index contributed by atoms with van der Waals surface area (Å²) in [6, 6.07) is 1.06. The molecule has 0 aliphatic carbocycles. The topological polar surface area (TPSA) is 75.4 Å². The highest BCUT2D eigenvalue weighted by Gasteiger charge is 2.37. The van der Waals surface area contributed by atoms with Crippen LogP contribution in [-0.2, 0) is 10.0 Å². The molecule has 0 spiro atoms. The minimum atomic E-state index is -3.36. The van der Waals surface area contributed by atoms with Crippen LogP contribution >= 0.6 is 12.2 Å². The highest BCUT2D eigenvalue weighted by atomic mass is 32.2. The Morgan fingerprint density at radius 1 is 1.39 bits per heavy atom.